The van der Waals surface area contributed by atoms with Crippen LogP contribution in [0, 0.1) is 0 Å². The molecular weight excluding hydrogens is 536 g/mol. The lowest BCUT2D eigenvalue weighted by molar-refractivity contribution is -0.138. The summed E-state index contributed by atoms with van der Waals surface area (Å²) in [5.74, 6) is -0.683. The lowest BCUT2D eigenvalue weighted by atomic mass is 9.96. The second-order valence-electron chi connectivity index (χ2n) is 8.64. The van der Waals surface area contributed by atoms with E-state index < -0.39 is 23.9 Å². The zero-order chi connectivity index (χ0) is 29.0. The third kappa shape index (κ3) is 5.94. The van der Waals surface area contributed by atoms with Crippen LogP contribution in [0.4, 0.5) is 0 Å². The molecule has 1 atom stereocenters. The van der Waals surface area contributed by atoms with Crippen LogP contribution < -0.4 is 29.1 Å². The zero-order valence-corrected chi connectivity index (χ0v) is 23.1. The van der Waals surface area contributed by atoms with Gasteiger partial charge in [-0.05, 0) is 48.4 Å². The Kier molecular flexibility index (Phi) is 8.44. The van der Waals surface area contributed by atoms with E-state index in [0.717, 1.165) is 11.3 Å². The zero-order valence-electron chi connectivity index (χ0n) is 22.3. The standard InChI is InChI=1S/C29H26N2O8S/c1-6-13-37-28(35)25-16(2)30-29-31(26(25)20-8-10-21(11-9-20)38-17(3)32)27(34)24(40-29)15-19-7-12-22(39-18(4)33)23(14-19)36-5/h6-12,14-15,26H,1,13H2,2-5H3/b24-15+/t26-/m1/s1. The lowest BCUT2D eigenvalue weighted by Gasteiger charge is -2.24. The molecule has 10 nitrogen and oxygen atoms in total. The Labute approximate surface area is 233 Å². The van der Waals surface area contributed by atoms with Crippen molar-refractivity contribution in [2.45, 2.75) is 26.8 Å². The number of thiazole rings is 1. The molecule has 1 aliphatic rings. The highest BCUT2D eigenvalue weighted by Crippen LogP contribution is 2.32. The minimum Gasteiger partial charge on any atom is -0.493 e. The van der Waals surface area contributed by atoms with Gasteiger partial charge in [-0.15, -0.1) is 0 Å². The molecule has 0 saturated heterocycles. The summed E-state index contributed by atoms with van der Waals surface area (Å²) in [6.07, 6.45) is 3.12. The highest BCUT2D eigenvalue weighted by molar-refractivity contribution is 7.07. The monoisotopic (exact) mass is 562 g/mol. The number of fused-ring (bicyclic) bond motifs is 1. The van der Waals surface area contributed by atoms with E-state index in [2.05, 4.69) is 11.6 Å². The van der Waals surface area contributed by atoms with Gasteiger partial charge < -0.3 is 18.9 Å². The fourth-order valence-electron chi connectivity index (χ4n) is 4.16. The molecule has 3 aromatic rings. The van der Waals surface area contributed by atoms with Crippen LogP contribution in [-0.2, 0) is 19.1 Å². The molecule has 2 heterocycles. The van der Waals surface area contributed by atoms with Crippen LogP contribution in [0.25, 0.3) is 6.08 Å². The molecule has 0 amide bonds. The van der Waals surface area contributed by atoms with Crippen molar-refractivity contribution in [1.82, 2.24) is 4.57 Å². The molecule has 2 aromatic carbocycles. The Hall–Kier alpha value is -4.77. The summed E-state index contributed by atoms with van der Waals surface area (Å²) in [5.41, 5.74) is 1.46. The van der Waals surface area contributed by atoms with Crippen LogP contribution in [-0.4, -0.2) is 36.2 Å². The van der Waals surface area contributed by atoms with Crippen LogP contribution in [0.15, 0.2) is 76.2 Å². The molecular formula is C29H26N2O8S. The van der Waals surface area contributed by atoms with Gasteiger partial charge in [0.1, 0.15) is 12.4 Å². The normalized spacial score (nSPS) is 14.6. The van der Waals surface area contributed by atoms with Gasteiger partial charge in [-0.1, -0.05) is 42.2 Å². The molecule has 0 bridgehead atoms. The molecule has 1 aliphatic heterocycles. The van der Waals surface area contributed by atoms with Gasteiger partial charge in [0.25, 0.3) is 5.56 Å². The maximum absolute atomic E-state index is 13.8. The Morgan fingerprint density at radius 1 is 1.05 bits per heavy atom. The summed E-state index contributed by atoms with van der Waals surface area (Å²) in [7, 11) is 1.45. The first-order valence-electron chi connectivity index (χ1n) is 12.1. The molecule has 0 spiro atoms. The molecule has 1 aromatic heterocycles. The first kappa shape index (κ1) is 28.2. The second-order valence-corrected chi connectivity index (χ2v) is 9.64. The van der Waals surface area contributed by atoms with Gasteiger partial charge in [0.05, 0.1) is 29.0 Å². The van der Waals surface area contributed by atoms with Gasteiger partial charge >= 0.3 is 17.9 Å². The van der Waals surface area contributed by atoms with Gasteiger partial charge in [0.15, 0.2) is 16.3 Å². The minimum atomic E-state index is -0.844. The highest BCUT2D eigenvalue weighted by Gasteiger charge is 2.33. The van der Waals surface area contributed by atoms with E-state index in [1.165, 1.54) is 31.6 Å². The summed E-state index contributed by atoms with van der Waals surface area (Å²) < 4.78 is 22.8. The predicted octanol–water partition coefficient (Wildman–Crippen LogP) is 2.82. The van der Waals surface area contributed by atoms with E-state index in [9.17, 15) is 19.2 Å². The number of benzene rings is 2. The van der Waals surface area contributed by atoms with Crippen molar-refractivity contribution in [2.75, 3.05) is 13.7 Å². The Morgan fingerprint density at radius 2 is 1.75 bits per heavy atom. The lowest BCUT2D eigenvalue weighted by Crippen LogP contribution is -2.39. The molecule has 0 radical (unpaired) electrons. The van der Waals surface area contributed by atoms with E-state index in [4.69, 9.17) is 18.9 Å². The van der Waals surface area contributed by atoms with E-state index >= 15 is 0 Å². The van der Waals surface area contributed by atoms with E-state index in [1.54, 1.807) is 55.5 Å². The van der Waals surface area contributed by atoms with Crippen molar-refractivity contribution in [1.29, 1.82) is 0 Å². The highest BCUT2D eigenvalue weighted by atomic mass is 32.1. The summed E-state index contributed by atoms with van der Waals surface area (Å²) in [6, 6.07) is 10.6. The third-order valence-electron chi connectivity index (χ3n) is 5.77. The largest absolute Gasteiger partial charge is 0.493 e. The van der Waals surface area contributed by atoms with Crippen LogP contribution >= 0.6 is 11.3 Å². The topological polar surface area (TPSA) is 122 Å². The smallest absolute Gasteiger partial charge is 0.338 e. The molecule has 4 rings (SSSR count). The number of allylic oxidation sites excluding steroid dienone is 1. The van der Waals surface area contributed by atoms with Crippen LogP contribution in [0.2, 0.25) is 0 Å². The number of methoxy groups -OCH3 is 1. The van der Waals surface area contributed by atoms with E-state index in [1.807, 2.05) is 0 Å². The maximum atomic E-state index is 13.8. The number of aromatic nitrogens is 1. The summed E-state index contributed by atoms with van der Waals surface area (Å²) in [4.78, 5) is 54.6. The quantitative estimate of drug-likeness (QED) is 0.233. The van der Waals surface area contributed by atoms with Crippen molar-refractivity contribution >= 4 is 35.3 Å². The summed E-state index contributed by atoms with van der Waals surface area (Å²) in [6.45, 7) is 7.84. The molecule has 0 unspecified atom stereocenters. The predicted molar refractivity (Wildman–Crippen MR) is 147 cm³/mol. The number of hydrogen-bond donors (Lipinski definition) is 0. The van der Waals surface area contributed by atoms with Gasteiger partial charge in [-0.3, -0.25) is 19.0 Å². The third-order valence-corrected chi connectivity index (χ3v) is 6.75. The molecule has 206 valence electrons. The molecule has 0 N–H and O–H groups in total. The number of esters is 3. The number of carbonyl (C=O) groups is 3. The first-order chi connectivity index (χ1) is 19.1. The number of hydrogen-bond acceptors (Lipinski definition) is 10. The molecule has 0 fully saturated rings. The SMILES string of the molecule is C=CCOC(=O)C1=C(C)N=c2s/c(=C/c3ccc(OC(C)=O)c(OC)c3)c(=O)n2[C@@H]1c1ccc(OC(C)=O)cc1. The van der Waals surface area contributed by atoms with E-state index in [0.29, 0.717) is 37.7 Å². The fraction of sp³-hybridized carbons (Fsp3) is 0.207. The minimum absolute atomic E-state index is 0.0106. The average Bonchev–Trinajstić information content (AvgIpc) is 3.21. The average molecular weight is 563 g/mol. The fourth-order valence-corrected chi connectivity index (χ4v) is 5.21. The Morgan fingerprint density at radius 3 is 2.38 bits per heavy atom. The van der Waals surface area contributed by atoms with Crippen molar-refractivity contribution in [3.8, 4) is 17.2 Å². The molecule has 40 heavy (non-hydrogen) atoms. The Balaban J connectivity index is 1.86. The second kappa shape index (κ2) is 12.0. The van der Waals surface area contributed by atoms with Gasteiger partial charge in [-0.25, -0.2) is 9.79 Å². The number of ether oxygens (including phenoxy) is 4. The van der Waals surface area contributed by atoms with E-state index in [-0.39, 0.29) is 23.5 Å². The van der Waals surface area contributed by atoms with Crippen molar-refractivity contribution in [3.05, 3.63) is 97.2 Å². The van der Waals surface area contributed by atoms with Gasteiger partial charge in [0.2, 0.25) is 0 Å². The Bertz CT molecular complexity index is 1710. The van der Waals surface area contributed by atoms with Crippen LogP contribution in [0.1, 0.15) is 37.9 Å². The van der Waals surface area contributed by atoms with Crippen molar-refractivity contribution in [3.63, 3.8) is 0 Å². The summed E-state index contributed by atoms with van der Waals surface area (Å²) in [5, 5.41) is 0. The van der Waals surface area contributed by atoms with Crippen LogP contribution in [0.3, 0.4) is 0 Å². The van der Waals surface area contributed by atoms with Crippen molar-refractivity contribution in [2.24, 2.45) is 4.99 Å². The number of carbonyl (C=O) groups excluding carboxylic acids is 3. The molecule has 11 heteroatoms. The number of nitrogens with zero attached hydrogens (tertiary/aromatic N) is 2. The van der Waals surface area contributed by atoms with Crippen molar-refractivity contribution < 1.29 is 33.3 Å². The number of rotatable bonds is 8. The summed E-state index contributed by atoms with van der Waals surface area (Å²) >= 11 is 1.16. The maximum Gasteiger partial charge on any atom is 0.338 e. The molecule has 0 saturated carbocycles. The van der Waals surface area contributed by atoms with Gasteiger partial charge in [0, 0.05) is 13.8 Å². The molecule has 0 aliphatic carbocycles. The van der Waals surface area contributed by atoms with Gasteiger partial charge in [-0.2, -0.15) is 0 Å². The first-order valence-corrected chi connectivity index (χ1v) is 12.9. The van der Waals surface area contributed by atoms with Crippen LogP contribution in [0.5, 0.6) is 17.2 Å².